The minimum absolute atomic E-state index is 0.0479. The summed E-state index contributed by atoms with van der Waals surface area (Å²) in [6.45, 7) is 0. The summed E-state index contributed by atoms with van der Waals surface area (Å²) in [7, 11) is 0. The molecule has 3 N–H and O–H groups in total. The largest absolute Gasteiger partial charge is 0.361 e. The highest BCUT2D eigenvalue weighted by Gasteiger charge is 2.08. The van der Waals surface area contributed by atoms with E-state index in [1.165, 1.54) is 18.2 Å². The number of nitro benzene ring substituents is 1. The van der Waals surface area contributed by atoms with Crippen LogP contribution in [0.15, 0.2) is 35.4 Å². The van der Waals surface area contributed by atoms with Gasteiger partial charge in [-0.25, -0.2) is 5.43 Å². The summed E-state index contributed by atoms with van der Waals surface area (Å²) in [5, 5.41) is 14.1. The third-order valence-electron chi connectivity index (χ3n) is 1.96. The van der Waals surface area contributed by atoms with Gasteiger partial charge >= 0.3 is 11.8 Å². The van der Waals surface area contributed by atoms with Crippen molar-refractivity contribution in [2.75, 3.05) is 0 Å². The van der Waals surface area contributed by atoms with Gasteiger partial charge in [-0.1, -0.05) is 12.1 Å². The van der Waals surface area contributed by atoms with Gasteiger partial charge in [0.05, 0.1) is 10.5 Å². The first-order chi connectivity index (χ1) is 9.02. The van der Waals surface area contributed by atoms with Crippen molar-refractivity contribution < 1.29 is 14.5 Å². The van der Waals surface area contributed by atoms with E-state index in [-0.39, 0.29) is 5.69 Å². The van der Waals surface area contributed by atoms with Crippen LogP contribution in [0, 0.1) is 10.1 Å². The highest BCUT2D eigenvalue weighted by Crippen LogP contribution is 2.18. The summed E-state index contributed by atoms with van der Waals surface area (Å²) < 4.78 is 0. The van der Waals surface area contributed by atoms with Crippen LogP contribution in [-0.4, -0.2) is 23.0 Å². The molecule has 98 valence electrons. The average molecular weight is 262 g/mol. The molecule has 0 bridgehead atoms. The normalized spacial score (nSPS) is 10.7. The van der Waals surface area contributed by atoms with Gasteiger partial charge in [0.2, 0.25) is 0 Å². The van der Waals surface area contributed by atoms with Crippen LogP contribution in [0.3, 0.4) is 0 Å². The quantitative estimate of drug-likeness (QED) is 0.347. The summed E-state index contributed by atoms with van der Waals surface area (Å²) in [6.07, 6.45) is 3.99. The Morgan fingerprint density at radius 1 is 1.37 bits per heavy atom. The maximum atomic E-state index is 10.7. The molecule has 0 atom stereocenters. The number of nitrogens with one attached hydrogen (secondary N) is 1. The first-order valence-electron chi connectivity index (χ1n) is 5.05. The lowest BCUT2D eigenvalue weighted by Gasteiger charge is -1.95. The number of allylic oxidation sites excluding steroid dienone is 1. The molecule has 1 aromatic carbocycles. The SMILES string of the molecule is NC(=O)C(=O)N/N=C\C=C\c1ccccc1[N+](=O)[O-]. The maximum absolute atomic E-state index is 10.7. The van der Waals surface area contributed by atoms with Crippen LogP contribution in [0.2, 0.25) is 0 Å². The molecule has 0 saturated heterocycles. The van der Waals surface area contributed by atoms with Crippen molar-refractivity contribution in [2.45, 2.75) is 0 Å². The Morgan fingerprint density at radius 2 is 2.05 bits per heavy atom. The Morgan fingerprint density at radius 3 is 2.68 bits per heavy atom. The van der Waals surface area contributed by atoms with E-state index in [9.17, 15) is 19.7 Å². The lowest BCUT2D eigenvalue weighted by molar-refractivity contribution is -0.385. The zero-order chi connectivity index (χ0) is 14.3. The number of hydrogen-bond acceptors (Lipinski definition) is 5. The Kier molecular flexibility index (Phi) is 4.91. The molecular formula is C11H10N4O4. The van der Waals surface area contributed by atoms with Crippen LogP contribution in [0.1, 0.15) is 5.56 Å². The van der Waals surface area contributed by atoms with Gasteiger partial charge in [0.1, 0.15) is 0 Å². The predicted octanol–water partition coefficient (Wildman–Crippen LogP) is 0.195. The average Bonchev–Trinajstić information content (AvgIpc) is 2.38. The van der Waals surface area contributed by atoms with Crippen molar-refractivity contribution >= 4 is 29.8 Å². The number of primary amides is 1. The molecule has 0 unspecified atom stereocenters. The van der Waals surface area contributed by atoms with E-state index in [1.54, 1.807) is 18.2 Å². The number of hydrogen-bond donors (Lipinski definition) is 2. The van der Waals surface area contributed by atoms with Gasteiger partial charge in [0.25, 0.3) is 5.69 Å². The van der Waals surface area contributed by atoms with Crippen molar-refractivity contribution in [3.8, 4) is 0 Å². The Hall–Kier alpha value is -3.03. The van der Waals surface area contributed by atoms with E-state index in [2.05, 4.69) is 10.8 Å². The summed E-state index contributed by atoms with van der Waals surface area (Å²) in [4.78, 5) is 31.3. The standard InChI is InChI=1S/C11H10N4O4/c12-10(16)11(17)14-13-7-3-5-8-4-1-2-6-9(8)15(18)19/h1-7H,(H2,12,16)(H,14,17)/b5-3+,13-7-. The topological polar surface area (TPSA) is 128 Å². The highest BCUT2D eigenvalue weighted by molar-refractivity contribution is 6.34. The van der Waals surface area contributed by atoms with Gasteiger partial charge in [0.15, 0.2) is 0 Å². The molecular weight excluding hydrogens is 252 g/mol. The lowest BCUT2D eigenvalue weighted by atomic mass is 10.2. The molecule has 8 nitrogen and oxygen atoms in total. The molecule has 2 amide bonds. The Labute approximate surface area is 107 Å². The van der Waals surface area contributed by atoms with Crippen molar-refractivity contribution in [3.63, 3.8) is 0 Å². The first kappa shape index (κ1) is 14.0. The summed E-state index contributed by atoms with van der Waals surface area (Å²) in [5.74, 6) is -2.20. The number of amides is 2. The number of carbonyl (C=O) groups excluding carboxylic acids is 2. The fourth-order valence-corrected chi connectivity index (χ4v) is 1.14. The van der Waals surface area contributed by atoms with Crippen LogP contribution in [-0.2, 0) is 9.59 Å². The second kappa shape index (κ2) is 6.64. The van der Waals surface area contributed by atoms with E-state index in [4.69, 9.17) is 0 Å². The van der Waals surface area contributed by atoms with Crippen LogP contribution in [0.5, 0.6) is 0 Å². The molecule has 0 aliphatic carbocycles. The van der Waals surface area contributed by atoms with E-state index in [1.807, 2.05) is 5.43 Å². The van der Waals surface area contributed by atoms with Crippen LogP contribution in [0.4, 0.5) is 5.69 Å². The number of nitrogens with two attached hydrogens (primary N) is 1. The van der Waals surface area contributed by atoms with Gasteiger partial charge in [-0.15, -0.1) is 0 Å². The minimum atomic E-state index is -1.15. The van der Waals surface area contributed by atoms with Crippen LogP contribution < -0.4 is 11.2 Å². The van der Waals surface area contributed by atoms with E-state index in [0.29, 0.717) is 5.56 Å². The van der Waals surface area contributed by atoms with Gasteiger partial charge < -0.3 is 5.73 Å². The van der Waals surface area contributed by atoms with Gasteiger partial charge in [0, 0.05) is 12.3 Å². The van der Waals surface area contributed by atoms with Crippen LogP contribution >= 0.6 is 0 Å². The maximum Gasteiger partial charge on any atom is 0.329 e. The summed E-state index contributed by atoms with van der Waals surface area (Å²) >= 11 is 0. The summed E-state index contributed by atoms with van der Waals surface area (Å²) in [5.41, 5.74) is 6.89. The molecule has 1 rings (SSSR count). The van der Waals surface area contributed by atoms with Gasteiger partial charge in [-0.05, 0) is 18.2 Å². The van der Waals surface area contributed by atoms with Crippen molar-refractivity contribution in [1.82, 2.24) is 5.43 Å². The number of hydrazone groups is 1. The van der Waals surface area contributed by atoms with E-state index >= 15 is 0 Å². The Balaban J connectivity index is 2.68. The second-order valence-electron chi connectivity index (χ2n) is 3.26. The Bertz CT molecular complexity index is 566. The van der Waals surface area contributed by atoms with Gasteiger partial charge in [-0.3, -0.25) is 19.7 Å². The molecule has 0 aliphatic rings. The van der Waals surface area contributed by atoms with E-state index < -0.39 is 16.7 Å². The molecule has 19 heavy (non-hydrogen) atoms. The van der Waals surface area contributed by atoms with Gasteiger partial charge in [-0.2, -0.15) is 5.10 Å². The number of carbonyl (C=O) groups is 2. The number of benzene rings is 1. The number of rotatable bonds is 4. The van der Waals surface area contributed by atoms with Crippen molar-refractivity contribution in [2.24, 2.45) is 10.8 Å². The van der Waals surface area contributed by atoms with E-state index in [0.717, 1.165) is 6.21 Å². The molecule has 0 aliphatic heterocycles. The van der Waals surface area contributed by atoms with Crippen molar-refractivity contribution in [1.29, 1.82) is 0 Å². The molecule has 0 saturated carbocycles. The molecule has 0 aromatic heterocycles. The number of nitro groups is 1. The third-order valence-corrected chi connectivity index (χ3v) is 1.96. The van der Waals surface area contributed by atoms with Crippen molar-refractivity contribution in [3.05, 3.63) is 46.0 Å². The summed E-state index contributed by atoms with van der Waals surface area (Å²) in [6, 6.07) is 6.13. The zero-order valence-corrected chi connectivity index (χ0v) is 9.65. The molecule has 0 fully saturated rings. The molecule has 8 heteroatoms. The highest BCUT2D eigenvalue weighted by atomic mass is 16.6. The fourth-order valence-electron chi connectivity index (χ4n) is 1.14. The number of para-hydroxylation sites is 1. The molecule has 0 spiro atoms. The monoisotopic (exact) mass is 262 g/mol. The fraction of sp³-hybridized carbons (Fsp3) is 0. The second-order valence-corrected chi connectivity index (χ2v) is 3.26. The zero-order valence-electron chi connectivity index (χ0n) is 9.65. The number of nitrogens with zero attached hydrogens (tertiary/aromatic N) is 2. The lowest BCUT2D eigenvalue weighted by Crippen LogP contribution is -2.32. The molecule has 0 radical (unpaired) electrons. The molecule has 1 aromatic rings. The smallest absolute Gasteiger partial charge is 0.329 e. The third kappa shape index (κ3) is 4.38. The predicted molar refractivity (Wildman–Crippen MR) is 68.0 cm³/mol. The molecule has 0 heterocycles. The first-order valence-corrected chi connectivity index (χ1v) is 5.05. The minimum Gasteiger partial charge on any atom is -0.361 e. The van der Waals surface area contributed by atoms with Crippen LogP contribution in [0.25, 0.3) is 6.08 Å².